The zero-order valence-electron chi connectivity index (χ0n) is 24.5. The van der Waals surface area contributed by atoms with E-state index in [1.54, 1.807) is 57.4 Å². The highest BCUT2D eigenvalue weighted by atomic mass is 79.9. The SMILES string of the molecule is CCOC(=O)C1=C(C)N=c2s/c(=C\c3cc(Br)c(OCc4ccc(Cl)cc4Cl)c(Br)c3)c(=O)n2[C@@H]1c1ccc(OC)cc1OC. The average Bonchev–Trinajstić information content (AvgIpc) is 3.30. The number of halogens is 4. The highest BCUT2D eigenvalue weighted by molar-refractivity contribution is 9.11. The lowest BCUT2D eigenvalue weighted by molar-refractivity contribution is -0.139. The Labute approximate surface area is 289 Å². The molecule has 0 saturated heterocycles. The van der Waals surface area contributed by atoms with Gasteiger partial charge >= 0.3 is 5.97 Å². The van der Waals surface area contributed by atoms with Crippen molar-refractivity contribution in [2.75, 3.05) is 20.8 Å². The number of carbonyl (C=O) groups excluding carboxylic acids is 1. The molecule has 2 heterocycles. The lowest BCUT2D eigenvalue weighted by Gasteiger charge is -2.26. The molecule has 0 aliphatic carbocycles. The smallest absolute Gasteiger partial charge is 0.338 e. The molecule has 0 fully saturated rings. The van der Waals surface area contributed by atoms with E-state index in [1.165, 1.54) is 23.0 Å². The van der Waals surface area contributed by atoms with Crippen molar-refractivity contribution in [2.45, 2.75) is 26.5 Å². The van der Waals surface area contributed by atoms with Crippen molar-refractivity contribution >= 4 is 78.4 Å². The number of ether oxygens (including phenoxy) is 4. The number of carbonyl (C=O) groups is 1. The van der Waals surface area contributed by atoms with Crippen molar-refractivity contribution in [3.8, 4) is 17.2 Å². The summed E-state index contributed by atoms with van der Waals surface area (Å²) in [7, 11) is 3.08. The maximum absolute atomic E-state index is 14.1. The lowest BCUT2D eigenvalue weighted by atomic mass is 9.95. The van der Waals surface area contributed by atoms with Gasteiger partial charge < -0.3 is 18.9 Å². The number of benzene rings is 3. The first kappa shape index (κ1) is 33.3. The Morgan fingerprint density at radius 1 is 1.07 bits per heavy atom. The van der Waals surface area contributed by atoms with E-state index < -0.39 is 12.0 Å². The molecule has 8 nitrogen and oxygen atoms in total. The van der Waals surface area contributed by atoms with Crippen LogP contribution in [0.3, 0.4) is 0 Å². The van der Waals surface area contributed by atoms with Crippen LogP contribution in [0.1, 0.15) is 36.6 Å². The predicted molar refractivity (Wildman–Crippen MR) is 183 cm³/mol. The number of aromatic nitrogens is 1. The number of thiazole rings is 1. The number of allylic oxidation sites excluding steroid dienone is 1. The second-order valence-corrected chi connectivity index (χ2v) is 13.3. The zero-order valence-corrected chi connectivity index (χ0v) is 30.0. The topological polar surface area (TPSA) is 88.4 Å². The normalized spacial score (nSPS) is 14.6. The van der Waals surface area contributed by atoms with Gasteiger partial charge in [0, 0.05) is 27.2 Å². The minimum absolute atomic E-state index is 0.169. The van der Waals surface area contributed by atoms with E-state index in [9.17, 15) is 9.59 Å². The molecule has 0 unspecified atom stereocenters. The Morgan fingerprint density at radius 3 is 2.44 bits per heavy atom. The van der Waals surface area contributed by atoms with Gasteiger partial charge in [-0.2, -0.15) is 0 Å². The van der Waals surface area contributed by atoms with Crippen LogP contribution < -0.4 is 29.1 Å². The van der Waals surface area contributed by atoms with E-state index >= 15 is 0 Å². The minimum atomic E-state index is -0.836. The van der Waals surface area contributed by atoms with Crippen LogP contribution in [0.5, 0.6) is 17.2 Å². The minimum Gasteiger partial charge on any atom is -0.497 e. The van der Waals surface area contributed by atoms with Crippen LogP contribution in [0, 0.1) is 0 Å². The monoisotopic (exact) mass is 794 g/mol. The molecule has 0 saturated carbocycles. The fourth-order valence-electron chi connectivity index (χ4n) is 4.87. The predicted octanol–water partition coefficient (Wildman–Crippen LogP) is 7.23. The van der Waals surface area contributed by atoms with Crippen LogP contribution in [0.25, 0.3) is 6.08 Å². The first-order chi connectivity index (χ1) is 21.6. The summed E-state index contributed by atoms with van der Waals surface area (Å²) in [6, 6.07) is 13.3. The molecular weight excluding hydrogens is 771 g/mol. The van der Waals surface area contributed by atoms with Crippen molar-refractivity contribution in [3.63, 3.8) is 0 Å². The molecule has 4 aromatic rings. The van der Waals surface area contributed by atoms with Gasteiger partial charge in [0.2, 0.25) is 0 Å². The summed E-state index contributed by atoms with van der Waals surface area (Å²) >= 11 is 20.7. The molecule has 1 aromatic heterocycles. The highest BCUT2D eigenvalue weighted by Gasteiger charge is 2.35. The maximum atomic E-state index is 14.1. The Balaban J connectivity index is 1.58. The second-order valence-electron chi connectivity index (χ2n) is 9.75. The lowest BCUT2D eigenvalue weighted by Crippen LogP contribution is -2.40. The molecule has 0 amide bonds. The van der Waals surface area contributed by atoms with Gasteiger partial charge in [-0.1, -0.05) is 40.6 Å². The fourth-order valence-corrected chi connectivity index (χ4v) is 7.83. The number of nitrogens with zero attached hydrogens (tertiary/aromatic N) is 2. The summed E-state index contributed by atoms with van der Waals surface area (Å²) in [5.41, 5.74) is 2.50. The Hall–Kier alpha value is -3.09. The first-order valence-electron chi connectivity index (χ1n) is 13.5. The first-order valence-corrected chi connectivity index (χ1v) is 16.7. The summed E-state index contributed by atoms with van der Waals surface area (Å²) < 4.78 is 25.8. The standard InChI is InChI=1S/C32H26Br2Cl2N2O6S/c1-5-43-31(40)27-16(2)37-32-38(28(27)21-9-8-20(41-3)14-25(21)42-4)30(39)26(45-32)12-17-10-22(33)29(23(34)11-17)44-15-18-6-7-19(35)13-24(18)36/h6-14,28H,5,15H2,1-4H3/b26-12-/t28-/m1/s1. The van der Waals surface area contributed by atoms with Crippen LogP contribution >= 0.6 is 66.4 Å². The van der Waals surface area contributed by atoms with E-state index in [1.807, 2.05) is 18.2 Å². The quantitative estimate of drug-likeness (QED) is 0.166. The van der Waals surface area contributed by atoms with Crippen molar-refractivity contribution in [1.82, 2.24) is 4.57 Å². The summed E-state index contributed by atoms with van der Waals surface area (Å²) in [5, 5.41) is 1.05. The van der Waals surface area contributed by atoms with E-state index in [2.05, 4.69) is 36.9 Å². The van der Waals surface area contributed by atoms with E-state index in [0.717, 1.165) is 11.1 Å². The third kappa shape index (κ3) is 6.88. The van der Waals surface area contributed by atoms with Gasteiger partial charge in [-0.05, 0) is 93.7 Å². The van der Waals surface area contributed by atoms with Crippen LogP contribution in [0.4, 0.5) is 0 Å². The molecule has 3 aromatic carbocycles. The molecule has 0 spiro atoms. The molecule has 45 heavy (non-hydrogen) atoms. The number of methoxy groups -OCH3 is 2. The molecule has 0 bridgehead atoms. The van der Waals surface area contributed by atoms with Gasteiger partial charge in [0.05, 0.1) is 45.6 Å². The Bertz CT molecular complexity index is 2000. The zero-order chi connectivity index (χ0) is 32.4. The summed E-state index contributed by atoms with van der Waals surface area (Å²) in [6.45, 7) is 3.85. The van der Waals surface area contributed by atoms with Crippen molar-refractivity contribution in [2.24, 2.45) is 4.99 Å². The molecule has 0 N–H and O–H groups in total. The van der Waals surface area contributed by atoms with Gasteiger partial charge in [0.15, 0.2) is 4.80 Å². The molecule has 13 heteroatoms. The van der Waals surface area contributed by atoms with E-state index in [0.29, 0.717) is 56.8 Å². The van der Waals surface area contributed by atoms with Crippen LogP contribution in [0.2, 0.25) is 10.0 Å². The van der Waals surface area contributed by atoms with Crippen molar-refractivity contribution < 1.29 is 23.7 Å². The number of esters is 1. The van der Waals surface area contributed by atoms with Gasteiger partial charge in [0.25, 0.3) is 5.56 Å². The third-order valence-corrected chi connectivity index (χ3v) is 9.71. The van der Waals surface area contributed by atoms with Crippen LogP contribution in [-0.2, 0) is 16.1 Å². The van der Waals surface area contributed by atoms with E-state index in [-0.39, 0.29) is 24.3 Å². The van der Waals surface area contributed by atoms with Gasteiger partial charge in [-0.3, -0.25) is 9.36 Å². The van der Waals surface area contributed by atoms with E-state index in [4.69, 9.17) is 42.1 Å². The average molecular weight is 797 g/mol. The molecule has 1 aliphatic rings. The fraction of sp³-hybridized carbons (Fsp3) is 0.219. The number of rotatable bonds is 9. The second kappa shape index (κ2) is 14.1. The third-order valence-electron chi connectivity index (χ3n) is 6.96. The largest absolute Gasteiger partial charge is 0.497 e. The van der Waals surface area contributed by atoms with Gasteiger partial charge in [-0.15, -0.1) is 0 Å². The maximum Gasteiger partial charge on any atom is 0.338 e. The summed E-state index contributed by atoms with van der Waals surface area (Å²) in [5.74, 6) is 1.04. The number of hydrogen-bond donors (Lipinski definition) is 0. The molecule has 234 valence electrons. The van der Waals surface area contributed by atoms with Gasteiger partial charge in [-0.25, -0.2) is 9.79 Å². The molecular formula is C32H26Br2Cl2N2O6S. The highest BCUT2D eigenvalue weighted by Crippen LogP contribution is 2.38. The van der Waals surface area contributed by atoms with Crippen LogP contribution in [0.15, 0.2) is 78.5 Å². The molecule has 1 aliphatic heterocycles. The van der Waals surface area contributed by atoms with Crippen LogP contribution in [-0.4, -0.2) is 31.4 Å². The number of fused-ring (bicyclic) bond motifs is 1. The Morgan fingerprint density at radius 2 is 1.80 bits per heavy atom. The molecule has 5 rings (SSSR count). The number of hydrogen-bond acceptors (Lipinski definition) is 8. The summed E-state index contributed by atoms with van der Waals surface area (Å²) in [6.07, 6.45) is 1.77. The molecule has 0 radical (unpaired) electrons. The Kier molecular flexibility index (Phi) is 10.4. The van der Waals surface area contributed by atoms with Gasteiger partial charge in [0.1, 0.15) is 29.9 Å². The summed E-state index contributed by atoms with van der Waals surface area (Å²) in [4.78, 5) is 32.4. The molecule has 1 atom stereocenters. The van der Waals surface area contributed by atoms with Crippen molar-refractivity contribution in [3.05, 3.63) is 115 Å². The van der Waals surface area contributed by atoms with Crippen molar-refractivity contribution in [1.29, 1.82) is 0 Å².